The molecule has 1 atom stereocenters. The van der Waals surface area contributed by atoms with E-state index in [1.165, 1.54) is 16.7 Å². The van der Waals surface area contributed by atoms with Crippen LogP contribution in [0.3, 0.4) is 0 Å². The van der Waals surface area contributed by atoms with Crippen LogP contribution < -0.4 is 5.32 Å². The molecule has 0 spiro atoms. The summed E-state index contributed by atoms with van der Waals surface area (Å²) in [5.41, 5.74) is 4.23. The molecule has 3 heteroatoms. The Bertz CT molecular complexity index is 732. The maximum atomic E-state index is 11.8. The van der Waals surface area contributed by atoms with E-state index in [9.17, 15) is 4.79 Å². The van der Waals surface area contributed by atoms with Gasteiger partial charge in [0.05, 0.1) is 0 Å². The Morgan fingerprint density at radius 1 is 0.846 bits per heavy atom. The van der Waals surface area contributed by atoms with Gasteiger partial charge >= 0.3 is 6.09 Å². The zero-order chi connectivity index (χ0) is 19.5. The number of ether oxygens (including phenoxy) is 1. The van der Waals surface area contributed by atoms with Gasteiger partial charge in [0.15, 0.2) is 0 Å². The number of nitrogens with one attached hydrogen (secondary N) is 1. The van der Waals surface area contributed by atoms with Crippen molar-refractivity contribution >= 4 is 11.8 Å². The number of carbonyl (C=O) groups excluding carboxylic acids is 1. The highest BCUT2D eigenvalue weighted by atomic mass is 16.6. The van der Waals surface area contributed by atoms with Crippen molar-refractivity contribution in [2.24, 2.45) is 0 Å². The molecular weight excluding hydrogens is 322 g/mol. The molecule has 0 saturated heterocycles. The largest absolute Gasteiger partial charge is 0.444 e. The van der Waals surface area contributed by atoms with Crippen LogP contribution >= 0.6 is 0 Å². The number of rotatable bonds is 3. The van der Waals surface area contributed by atoms with Gasteiger partial charge in [0.2, 0.25) is 0 Å². The quantitative estimate of drug-likeness (QED) is 0.685. The molecule has 140 valence electrons. The van der Waals surface area contributed by atoms with Gasteiger partial charge < -0.3 is 4.74 Å². The molecule has 0 fully saturated rings. The highest BCUT2D eigenvalue weighted by Gasteiger charge is 2.17. The van der Waals surface area contributed by atoms with E-state index < -0.39 is 11.7 Å². The Morgan fingerprint density at radius 3 is 1.73 bits per heavy atom. The minimum Gasteiger partial charge on any atom is -0.444 e. The van der Waals surface area contributed by atoms with Crippen molar-refractivity contribution in [1.82, 2.24) is 0 Å². The summed E-state index contributed by atoms with van der Waals surface area (Å²) in [6.07, 6.45) is -0.434. The van der Waals surface area contributed by atoms with Crippen LogP contribution in [-0.2, 0) is 10.2 Å². The van der Waals surface area contributed by atoms with E-state index in [4.69, 9.17) is 4.74 Å². The van der Waals surface area contributed by atoms with Crippen molar-refractivity contribution in [3.05, 3.63) is 65.2 Å². The van der Waals surface area contributed by atoms with Gasteiger partial charge in [-0.1, -0.05) is 64.1 Å². The standard InChI is InChI=1S/C23H31NO2/c1-16(17-8-12-19(13-9-17)22(2,3)4)18-10-14-20(15-11-18)24-21(25)26-23(5,6)7/h8-16H,1-7H3,(H,24,25)/t16-/m1/s1. The lowest BCUT2D eigenvalue weighted by molar-refractivity contribution is 0.0636. The molecular formula is C23H31NO2. The first-order valence-corrected chi connectivity index (χ1v) is 9.16. The second-order valence-electron chi connectivity index (χ2n) is 8.84. The van der Waals surface area contributed by atoms with Gasteiger partial charge in [0.25, 0.3) is 0 Å². The third-order valence-corrected chi connectivity index (χ3v) is 4.33. The SMILES string of the molecule is C[C@@H](c1ccc(NC(=O)OC(C)(C)C)cc1)c1ccc(C(C)(C)C)cc1. The molecule has 1 N–H and O–H groups in total. The van der Waals surface area contributed by atoms with E-state index in [1.54, 1.807) is 0 Å². The Kier molecular flexibility index (Phi) is 5.80. The second kappa shape index (κ2) is 7.53. The first-order valence-electron chi connectivity index (χ1n) is 9.16. The van der Waals surface area contributed by atoms with Gasteiger partial charge in [0, 0.05) is 11.6 Å². The number of carbonyl (C=O) groups is 1. The fourth-order valence-corrected chi connectivity index (χ4v) is 2.74. The molecule has 2 rings (SSSR count). The fraction of sp³-hybridized carbons (Fsp3) is 0.435. The summed E-state index contributed by atoms with van der Waals surface area (Å²) in [5, 5.41) is 2.77. The summed E-state index contributed by atoms with van der Waals surface area (Å²) in [7, 11) is 0. The Morgan fingerprint density at radius 2 is 1.31 bits per heavy atom. The molecule has 26 heavy (non-hydrogen) atoms. The number of amides is 1. The van der Waals surface area contributed by atoms with E-state index in [-0.39, 0.29) is 5.41 Å². The average molecular weight is 354 g/mol. The summed E-state index contributed by atoms with van der Waals surface area (Å²) in [6.45, 7) is 14.4. The molecule has 0 unspecified atom stereocenters. The van der Waals surface area contributed by atoms with Gasteiger partial charge in [-0.25, -0.2) is 4.79 Å². The van der Waals surface area contributed by atoms with Gasteiger partial charge in [0.1, 0.15) is 5.60 Å². The predicted octanol–water partition coefficient (Wildman–Crippen LogP) is 6.48. The normalized spacial score (nSPS) is 13.2. The molecule has 0 aliphatic heterocycles. The van der Waals surface area contributed by atoms with E-state index >= 15 is 0 Å². The van der Waals surface area contributed by atoms with Gasteiger partial charge in [-0.2, -0.15) is 0 Å². The maximum absolute atomic E-state index is 11.8. The highest BCUT2D eigenvalue weighted by molar-refractivity contribution is 5.84. The topological polar surface area (TPSA) is 38.3 Å². The first kappa shape index (κ1) is 20.0. The van der Waals surface area contributed by atoms with E-state index in [1.807, 2.05) is 32.9 Å². The summed E-state index contributed by atoms with van der Waals surface area (Å²) in [6, 6.07) is 16.8. The van der Waals surface area contributed by atoms with Crippen LogP contribution in [0.25, 0.3) is 0 Å². The molecule has 2 aromatic carbocycles. The van der Waals surface area contributed by atoms with Crippen LogP contribution in [0, 0.1) is 0 Å². The molecule has 0 saturated carbocycles. The second-order valence-corrected chi connectivity index (χ2v) is 8.84. The minimum absolute atomic E-state index is 0.163. The molecule has 2 aromatic rings. The van der Waals surface area contributed by atoms with E-state index in [2.05, 4.69) is 69.4 Å². The molecule has 0 radical (unpaired) electrons. The van der Waals surface area contributed by atoms with Crippen molar-refractivity contribution < 1.29 is 9.53 Å². The molecule has 0 aromatic heterocycles. The minimum atomic E-state index is -0.502. The lowest BCUT2D eigenvalue weighted by Crippen LogP contribution is -2.27. The Balaban J connectivity index is 2.06. The van der Waals surface area contributed by atoms with Gasteiger partial charge in [-0.3, -0.25) is 5.32 Å². The molecule has 3 nitrogen and oxygen atoms in total. The summed E-state index contributed by atoms with van der Waals surface area (Å²) < 4.78 is 5.28. The fourth-order valence-electron chi connectivity index (χ4n) is 2.74. The third kappa shape index (κ3) is 5.62. The number of benzene rings is 2. The van der Waals surface area contributed by atoms with Crippen LogP contribution in [0.4, 0.5) is 10.5 Å². The number of hydrogen-bond acceptors (Lipinski definition) is 2. The van der Waals surface area contributed by atoms with Crippen LogP contribution in [0.2, 0.25) is 0 Å². The van der Waals surface area contributed by atoms with Crippen molar-refractivity contribution in [1.29, 1.82) is 0 Å². The number of anilines is 1. The summed E-state index contributed by atoms with van der Waals surface area (Å²) >= 11 is 0. The van der Waals surface area contributed by atoms with Gasteiger partial charge in [-0.15, -0.1) is 0 Å². The molecule has 0 aliphatic carbocycles. The van der Waals surface area contributed by atoms with Crippen LogP contribution in [0.1, 0.15) is 71.1 Å². The van der Waals surface area contributed by atoms with Crippen molar-refractivity contribution in [2.75, 3.05) is 5.32 Å². The Labute approximate surface area is 157 Å². The van der Waals surface area contributed by atoms with Gasteiger partial charge in [-0.05, 0) is 55.0 Å². The lowest BCUT2D eigenvalue weighted by Gasteiger charge is -2.21. The highest BCUT2D eigenvalue weighted by Crippen LogP contribution is 2.28. The zero-order valence-corrected chi connectivity index (χ0v) is 17.0. The summed E-state index contributed by atoms with van der Waals surface area (Å²) in [4.78, 5) is 11.8. The Hall–Kier alpha value is -2.29. The smallest absolute Gasteiger partial charge is 0.412 e. The van der Waals surface area contributed by atoms with E-state index in [0.717, 1.165) is 5.69 Å². The van der Waals surface area contributed by atoms with Crippen molar-refractivity contribution in [3.63, 3.8) is 0 Å². The predicted molar refractivity (Wildman–Crippen MR) is 109 cm³/mol. The summed E-state index contributed by atoms with van der Waals surface area (Å²) in [5.74, 6) is 0.291. The van der Waals surface area contributed by atoms with Crippen LogP contribution in [0.15, 0.2) is 48.5 Å². The van der Waals surface area contributed by atoms with Crippen molar-refractivity contribution in [2.45, 2.75) is 65.4 Å². The van der Waals surface area contributed by atoms with E-state index in [0.29, 0.717) is 5.92 Å². The lowest BCUT2D eigenvalue weighted by atomic mass is 9.85. The van der Waals surface area contributed by atoms with Crippen LogP contribution in [-0.4, -0.2) is 11.7 Å². The maximum Gasteiger partial charge on any atom is 0.412 e. The first-order chi connectivity index (χ1) is 12.0. The third-order valence-electron chi connectivity index (χ3n) is 4.33. The monoisotopic (exact) mass is 353 g/mol. The van der Waals surface area contributed by atoms with Crippen molar-refractivity contribution in [3.8, 4) is 0 Å². The molecule has 0 bridgehead atoms. The van der Waals surface area contributed by atoms with Crippen LogP contribution in [0.5, 0.6) is 0 Å². The number of hydrogen-bond donors (Lipinski definition) is 1. The molecule has 0 aliphatic rings. The zero-order valence-electron chi connectivity index (χ0n) is 17.0. The average Bonchev–Trinajstić information content (AvgIpc) is 2.52. The molecule has 1 amide bonds. The molecule has 0 heterocycles.